The van der Waals surface area contributed by atoms with Crippen molar-refractivity contribution in [3.8, 4) is 0 Å². The normalized spacial score (nSPS) is 26.8. The molecule has 2 aliphatic rings. The molecule has 0 bridgehead atoms. The average molecular weight is 368 g/mol. The zero-order valence-corrected chi connectivity index (χ0v) is 15.5. The van der Waals surface area contributed by atoms with Gasteiger partial charge in [0.05, 0.1) is 17.5 Å². The van der Waals surface area contributed by atoms with Crippen LogP contribution in [0.3, 0.4) is 0 Å². The summed E-state index contributed by atoms with van der Waals surface area (Å²) in [5.74, 6) is -0.144. The molecule has 0 radical (unpaired) electrons. The molecule has 2 aliphatic heterocycles. The summed E-state index contributed by atoms with van der Waals surface area (Å²) in [5, 5.41) is 0.472. The molecule has 1 aromatic rings. The Labute approximate surface area is 146 Å². The van der Waals surface area contributed by atoms with Gasteiger partial charge in [-0.25, -0.2) is 8.42 Å². The number of anilines is 1. The molecule has 2 saturated heterocycles. The smallest absolute Gasteiger partial charge is 0.274 e. The van der Waals surface area contributed by atoms with E-state index in [0.29, 0.717) is 5.17 Å². The van der Waals surface area contributed by atoms with E-state index >= 15 is 0 Å². The van der Waals surface area contributed by atoms with Crippen molar-refractivity contribution < 1.29 is 17.9 Å². The highest BCUT2D eigenvalue weighted by Crippen LogP contribution is 2.42. The van der Waals surface area contributed by atoms with Gasteiger partial charge >= 0.3 is 0 Å². The number of ether oxygens (including phenoxy) is 1. The first-order chi connectivity index (χ1) is 11.3. The number of sulfone groups is 1. The molecule has 1 aromatic carbocycles. The monoisotopic (exact) mass is 368 g/mol. The van der Waals surface area contributed by atoms with Crippen molar-refractivity contribution in [3.63, 3.8) is 0 Å². The molecule has 0 spiro atoms. The third-order valence-electron chi connectivity index (χ3n) is 4.39. The van der Waals surface area contributed by atoms with Crippen LogP contribution in [0.25, 0.3) is 0 Å². The van der Waals surface area contributed by atoms with Gasteiger partial charge in [0.1, 0.15) is 6.61 Å². The van der Waals surface area contributed by atoms with Crippen molar-refractivity contribution in [2.24, 2.45) is 4.99 Å². The molecule has 1 amide bonds. The Morgan fingerprint density at radius 1 is 1.38 bits per heavy atom. The molecule has 2 heterocycles. The van der Waals surface area contributed by atoms with E-state index in [1.807, 2.05) is 36.9 Å². The van der Waals surface area contributed by atoms with Gasteiger partial charge in [0, 0.05) is 18.0 Å². The minimum absolute atomic E-state index is 0.0850. The third kappa shape index (κ3) is 3.22. The summed E-state index contributed by atoms with van der Waals surface area (Å²) in [5.41, 5.74) is 3.09. The van der Waals surface area contributed by atoms with Crippen molar-refractivity contribution in [2.45, 2.75) is 25.1 Å². The second kappa shape index (κ2) is 6.50. The SMILES string of the molecule is COCC(=O)N=C1S[C@@H]2CS(=O)(=O)C[C@@H]2N1c1cccc(C)c1C. The largest absolute Gasteiger partial charge is 0.375 e. The fourth-order valence-corrected chi connectivity index (χ4v) is 7.03. The molecule has 3 rings (SSSR count). The van der Waals surface area contributed by atoms with Crippen molar-refractivity contribution in [2.75, 3.05) is 30.1 Å². The number of fused-ring (bicyclic) bond motifs is 1. The quantitative estimate of drug-likeness (QED) is 0.806. The van der Waals surface area contributed by atoms with Crippen LogP contribution in [0.1, 0.15) is 11.1 Å². The first-order valence-corrected chi connectivity index (χ1v) is 10.4. The van der Waals surface area contributed by atoms with Gasteiger partial charge in [0.15, 0.2) is 15.0 Å². The molecule has 0 aromatic heterocycles. The molecule has 2 fully saturated rings. The van der Waals surface area contributed by atoms with Crippen LogP contribution in [0.4, 0.5) is 5.69 Å². The van der Waals surface area contributed by atoms with Crippen LogP contribution in [0, 0.1) is 13.8 Å². The second-order valence-corrected chi connectivity index (χ2v) is 9.47. The first kappa shape index (κ1) is 17.4. The van der Waals surface area contributed by atoms with Gasteiger partial charge in [-0.2, -0.15) is 4.99 Å². The van der Waals surface area contributed by atoms with Gasteiger partial charge in [-0.05, 0) is 31.0 Å². The maximum Gasteiger partial charge on any atom is 0.274 e. The number of methoxy groups -OCH3 is 1. The van der Waals surface area contributed by atoms with Crippen molar-refractivity contribution >= 4 is 38.4 Å². The van der Waals surface area contributed by atoms with Crippen molar-refractivity contribution in [1.82, 2.24) is 0 Å². The molecule has 0 N–H and O–H groups in total. The number of benzene rings is 1. The van der Waals surface area contributed by atoms with Crippen molar-refractivity contribution in [1.29, 1.82) is 0 Å². The van der Waals surface area contributed by atoms with Gasteiger partial charge in [-0.3, -0.25) is 4.79 Å². The number of amides is 1. The minimum Gasteiger partial charge on any atom is -0.375 e. The molecule has 0 unspecified atom stereocenters. The lowest BCUT2D eigenvalue weighted by Gasteiger charge is -2.26. The molecule has 6 nitrogen and oxygen atoms in total. The summed E-state index contributed by atoms with van der Waals surface area (Å²) in [7, 11) is -1.61. The standard InChI is InChI=1S/C16H20N2O4S2/c1-10-5-4-6-12(11(10)2)18-13-8-24(20,21)9-14(13)23-16(18)17-15(19)7-22-3/h4-6,13-14H,7-9H2,1-3H3/t13-,14+/m0/s1. The predicted molar refractivity (Wildman–Crippen MR) is 96.5 cm³/mol. The van der Waals surface area contributed by atoms with Crippen LogP contribution in [-0.2, 0) is 19.4 Å². The fraction of sp³-hybridized carbons (Fsp3) is 0.500. The Morgan fingerprint density at radius 2 is 2.12 bits per heavy atom. The Bertz CT molecular complexity index is 804. The van der Waals surface area contributed by atoms with E-state index in [1.165, 1.54) is 18.9 Å². The van der Waals surface area contributed by atoms with Crippen LogP contribution >= 0.6 is 11.8 Å². The Morgan fingerprint density at radius 3 is 2.83 bits per heavy atom. The number of carbonyl (C=O) groups excluding carboxylic acids is 1. The Kier molecular flexibility index (Phi) is 4.72. The topological polar surface area (TPSA) is 76.0 Å². The van der Waals surface area contributed by atoms with Gasteiger partial charge < -0.3 is 9.64 Å². The highest BCUT2D eigenvalue weighted by Gasteiger charge is 2.49. The molecular formula is C16H20N2O4S2. The summed E-state index contributed by atoms with van der Waals surface area (Å²) < 4.78 is 28.9. The summed E-state index contributed by atoms with van der Waals surface area (Å²) in [6.45, 7) is 3.93. The number of nitrogens with zero attached hydrogens (tertiary/aromatic N) is 2. The highest BCUT2D eigenvalue weighted by molar-refractivity contribution is 8.16. The Balaban J connectivity index is 2.05. The van der Waals surface area contributed by atoms with Crippen molar-refractivity contribution in [3.05, 3.63) is 29.3 Å². The first-order valence-electron chi connectivity index (χ1n) is 7.65. The van der Waals surface area contributed by atoms with E-state index in [-0.39, 0.29) is 35.3 Å². The molecule has 8 heteroatoms. The summed E-state index contributed by atoms with van der Waals surface area (Å²) >= 11 is 1.38. The fourth-order valence-electron chi connectivity index (χ4n) is 3.11. The van der Waals surface area contributed by atoms with E-state index in [4.69, 9.17) is 4.74 Å². The maximum absolute atomic E-state index is 12.0. The lowest BCUT2D eigenvalue weighted by atomic mass is 10.1. The molecule has 0 aliphatic carbocycles. The molecular weight excluding hydrogens is 348 g/mol. The lowest BCUT2D eigenvalue weighted by molar-refractivity contribution is -0.121. The molecule has 24 heavy (non-hydrogen) atoms. The number of hydrogen-bond donors (Lipinski definition) is 0. The van der Waals surface area contributed by atoms with E-state index in [0.717, 1.165) is 16.8 Å². The number of hydrogen-bond acceptors (Lipinski definition) is 5. The number of carbonyl (C=O) groups is 1. The number of aliphatic imine (C=N–C) groups is 1. The number of aryl methyl sites for hydroxylation is 1. The van der Waals surface area contributed by atoms with Crippen LogP contribution in [-0.4, -0.2) is 56.0 Å². The Hall–Kier alpha value is -1.38. The molecule has 2 atom stereocenters. The van der Waals surface area contributed by atoms with E-state index < -0.39 is 9.84 Å². The summed E-state index contributed by atoms with van der Waals surface area (Å²) in [6.07, 6.45) is 0. The van der Waals surface area contributed by atoms with Crippen LogP contribution < -0.4 is 4.90 Å². The maximum atomic E-state index is 12.0. The minimum atomic E-state index is -3.06. The van der Waals surface area contributed by atoms with E-state index in [1.54, 1.807) is 0 Å². The zero-order valence-electron chi connectivity index (χ0n) is 13.9. The lowest BCUT2D eigenvalue weighted by Crippen LogP contribution is -2.38. The highest BCUT2D eigenvalue weighted by atomic mass is 32.2. The van der Waals surface area contributed by atoms with E-state index in [9.17, 15) is 13.2 Å². The molecule has 0 saturated carbocycles. The number of thioether (sulfide) groups is 1. The zero-order chi connectivity index (χ0) is 17.5. The molecule has 130 valence electrons. The number of amidine groups is 1. The predicted octanol–water partition coefficient (Wildman–Crippen LogP) is 1.55. The van der Waals surface area contributed by atoms with Gasteiger partial charge in [-0.15, -0.1) is 0 Å². The third-order valence-corrected chi connectivity index (χ3v) is 7.60. The van der Waals surface area contributed by atoms with Crippen LogP contribution in [0.2, 0.25) is 0 Å². The van der Waals surface area contributed by atoms with E-state index in [2.05, 4.69) is 4.99 Å². The summed E-state index contributed by atoms with van der Waals surface area (Å²) in [6, 6.07) is 5.72. The van der Waals surface area contributed by atoms with Gasteiger partial charge in [-0.1, -0.05) is 23.9 Å². The average Bonchev–Trinajstić information content (AvgIpc) is 2.94. The van der Waals surface area contributed by atoms with Gasteiger partial charge in [0.25, 0.3) is 5.91 Å². The summed E-state index contributed by atoms with van der Waals surface area (Å²) in [4.78, 5) is 18.0. The van der Waals surface area contributed by atoms with Crippen LogP contribution in [0.5, 0.6) is 0 Å². The second-order valence-electron chi connectivity index (χ2n) is 6.11. The number of rotatable bonds is 3. The van der Waals surface area contributed by atoms with Crippen LogP contribution in [0.15, 0.2) is 23.2 Å². The van der Waals surface area contributed by atoms with Gasteiger partial charge in [0.2, 0.25) is 0 Å².